The molecule has 9 nitrogen and oxygen atoms in total. The molecule has 0 spiro atoms. The first kappa shape index (κ1) is 12.5. The van der Waals surface area contributed by atoms with Crippen molar-refractivity contribution in [2.75, 3.05) is 12.4 Å². The second-order valence-corrected chi connectivity index (χ2v) is 3.45. The molecule has 1 aromatic carbocycles. The number of nitrogens with zero attached hydrogens (tertiary/aromatic N) is 3. The normalized spacial score (nSPS) is 9.95. The molecule has 0 aliphatic carbocycles. The van der Waals surface area contributed by atoms with E-state index >= 15 is 0 Å². The van der Waals surface area contributed by atoms with Crippen molar-refractivity contribution >= 4 is 17.3 Å². The molecule has 1 aromatic heterocycles. The minimum absolute atomic E-state index is 0.0976. The molecule has 2 aromatic rings. The lowest BCUT2D eigenvalue weighted by Crippen LogP contribution is -2.13. The van der Waals surface area contributed by atoms with E-state index in [0.29, 0.717) is 5.69 Å². The number of amides is 1. The van der Waals surface area contributed by atoms with E-state index in [2.05, 4.69) is 20.7 Å². The second kappa shape index (κ2) is 5.12. The van der Waals surface area contributed by atoms with E-state index in [4.69, 9.17) is 4.74 Å². The van der Waals surface area contributed by atoms with Gasteiger partial charge in [0.15, 0.2) is 5.69 Å². The lowest BCUT2D eigenvalue weighted by atomic mass is 10.2. The van der Waals surface area contributed by atoms with Crippen LogP contribution in [0.1, 0.15) is 10.5 Å². The van der Waals surface area contributed by atoms with Crippen LogP contribution < -0.4 is 10.1 Å². The Balaban J connectivity index is 2.25. The SMILES string of the molecule is COc1cc([N+](=O)[O-])ccc1NC(=O)c1cn[nH]n1. The van der Waals surface area contributed by atoms with Gasteiger partial charge in [0.2, 0.25) is 0 Å². The highest BCUT2D eigenvalue weighted by Crippen LogP contribution is 2.29. The van der Waals surface area contributed by atoms with E-state index in [0.717, 1.165) is 0 Å². The Morgan fingerprint density at radius 1 is 1.53 bits per heavy atom. The van der Waals surface area contributed by atoms with Gasteiger partial charge in [0.25, 0.3) is 11.6 Å². The van der Waals surface area contributed by atoms with Crippen LogP contribution in [0.3, 0.4) is 0 Å². The van der Waals surface area contributed by atoms with E-state index < -0.39 is 10.8 Å². The van der Waals surface area contributed by atoms with Crippen LogP contribution in [0.25, 0.3) is 0 Å². The first-order valence-corrected chi connectivity index (χ1v) is 5.11. The topological polar surface area (TPSA) is 123 Å². The van der Waals surface area contributed by atoms with Crippen molar-refractivity contribution in [2.45, 2.75) is 0 Å². The standard InChI is InChI=1S/C10H9N5O4/c1-19-9-4-6(15(17)18)2-3-7(9)12-10(16)8-5-11-14-13-8/h2-5H,1H3,(H,12,16)(H,11,13,14). The van der Waals surface area contributed by atoms with Crippen molar-refractivity contribution in [3.8, 4) is 5.75 Å². The van der Waals surface area contributed by atoms with Gasteiger partial charge in [-0.05, 0) is 6.07 Å². The van der Waals surface area contributed by atoms with Gasteiger partial charge >= 0.3 is 0 Å². The Labute approximate surface area is 106 Å². The fourth-order valence-electron chi connectivity index (χ4n) is 1.39. The summed E-state index contributed by atoms with van der Waals surface area (Å²) < 4.78 is 4.99. The summed E-state index contributed by atoms with van der Waals surface area (Å²) in [6.07, 6.45) is 1.26. The number of non-ortho nitro benzene ring substituents is 1. The molecule has 19 heavy (non-hydrogen) atoms. The molecule has 0 aliphatic heterocycles. The zero-order chi connectivity index (χ0) is 13.8. The van der Waals surface area contributed by atoms with Crippen molar-refractivity contribution in [1.29, 1.82) is 0 Å². The molecular formula is C10H9N5O4. The Bertz CT molecular complexity index is 610. The number of methoxy groups -OCH3 is 1. The summed E-state index contributed by atoms with van der Waals surface area (Å²) in [5.74, 6) is -0.313. The van der Waals surface area contributed by atoms with Crippen LogP contribution in [0.5, 0.6) is 5.75 Å². The number of aromatic nitrogens is 3. The maximum atomic E-state index is 11.7. The number of hydrogen-bond acceptors (Lipinski definition) is 6. The van der Waals surface area contributed by atoms with Crippen LogP contribution >= 0.6 is 0 Å². The molecule has 0 saturated heterocycles. The zero-order valence-corrected chi connectivity index (χ0v) is 9.78. The highest BCUT2D eigenvalue weighted by atomic mass is 16.6. The Kier molecular flexibility index (Phi) is 3.37. The number of nitrogens with one attached hydrogen (secondary N) is 2. The molecule has 0 radical (unpaired) electrons. The van der Waals surface area contributed by atoms with E-state index in [1.54, 1.807) is 0 Å². The molecule has 9 heteroatoms. The molecule has 2 N–H and O–H groups in total. The first-order chi connectivity index (χ1) is 9.11. The summed E-state index contributed by atoms with van der Waals surface area (Å²) >= 11 is 0. The molecular weight excluding hydrogens is 254 g/mol. The molecule has 2 rings (SSSR count). The van der Waals surface area contributed by atoms with Gasteiger partial charge in [0, 0.05) is 6.07 Å². The fraction of sp³-hybridized carbons (Fsp3) is 0.100. The van der Waals surface area contributed by atoms with Crippen LogP contribution in [0.15, 0.2) is 24.4 Å². The molecule has 0 bridgehead atoms. The van der Waals surface area contributed by atoms with E-state index in [-0.39, 0.29) is 17.1 Å². The summed E-state index contributed by atoms with van der Waals surface area (Å²) in [6.45, 7) is 0. The number of nitro benzene ring substituents is 1. The number of benzene rings is 1. The third-order valence-electron chi connectivity index (χ3n) is 2.29. The van der Waals surface area contributed by atoms with Crippen LogP contribution in [0.2, 0.25) is 0 Å². The Morgan fingerprint density at radius 2 is 2.32 bits per heavy atom. The highest BCUT2D eigenvalue weighted by molar-refractivity contribution is 6.03. The van der Waals surface area contributed by atoms with Crippen molar-refractivity contribution in [2.24, 2.45) is 0 Å². The van der Waals surface area contributed by atoms with Gasteiger partial charge in [0.05, 0.1) is 30.0 Å². The van der Waals surface area contributed by atoms with Crippen LogP contribution in [-0.2, 0) is 0 Å². The van der Waals surface area contributed by atoms with E-state index in [9.17, 15) is 14.9 Å². The summed E-state index contributed by atoms with van der Waals surface area (Å²) in [4.78, 5) is 21.8. The summed E-state index contributed by atoms with van der Waals surface area (Å²) in [5, 5.41) is 22.6. The quantitative estimate of drug-likeness (QED) is 0.625. The Hall–Kier alpha value is -2.97. The first-order valence-electron chi connectivity index (χ1n) is 5.11. The number of carbonyl (C=O) groups excluding carboxylic acids is 1. The summed E-state index contributed by atoms with van der Waals surface area (Å²) in [7, 11) is 1.35. The largest absolute Gasteiger partial charge is 0.494 e. The number of carbonyl (C=O) groups is 1. The highest BCUT2D eigenvalue weighted by Gasteiger charge is 2.15. The predicted molar refractivity (Wildman–Crippen MR) is 64.0 cm³/mol. The molecule has 0 unspecified atom stereocenters. The molecule has 0 fully saturated rings. The van der Waals surface area contributed by atoms with Crippen LogP contribution in [0.4, 0.5) is 11.4 Å². The fourth-order valence-corrected chi connectivity index (χ4v) is 1.39. The third-order valence-corrected chi connectivity index (χ3v) is 2.29. The molecule has 0 saturated carbocycles. The average Bonchev–Trinajstić information content (AvgIpc) is 2.92. The van der Waals surface area contributed by atoms with Gasteiger partial charge in [-0.3, -0.25) is 14.9 Å². The number of hydrogen-bond donors (Lipinski definition) is 2. The molecule has 1 amide bonds. The number of aromatic amines is 1. The number of ether oxygens (including phenoxy) is 1. The maximum absolute atomic E-state index is 11.7. The average molecular weight is 263 g/mol. The maximum Gasteiger partial charge on any atom is 0.277 e. The Morgan fingerprint density at radius 3 is 2.89 bits per heavy atom. The molecule has 98 valence electrons. The van der Waals surface area contributed by atoms with Crippen molar-refractivity contribution in [3.05, 3.63) is 40.2 Å². The molecule has 0 aliphatic rings. The van der Waals surface area contributed by atoms with Crippen LogP contribution in [-0.4, -0.2) is 33.4 Å². The minimum Gasteiger partial charge on any atom is -0.494 e. The predicted octanol–water partition coefficient (Wildman–Crippen LogP) is 0.974. The number of nitro groups is 1. The second-order valence-electron chi connectivity index (χ2n) is 3.45. The van der Waals surface area contributed by atoms with Crippen molar-refractivity contribution in [1.82, 2.24) is 15.4 Å². The van der Waals surface area contributed by atoms with Gasteiger partial charge in [-0.2, -0.15) is 15.4 Å². The van der Waals surface area contributed by atoms with E-state index in [1.807, 2.05) is 0 Å². The number of anilines is 1. The monoisotopic (exact) mass is 263 g/mol. The van der Waals surface area contributed by atoms with Gasteiger partial charge in [-0.15, -0.1) is 0 Å². The smallest absolute Gasteiger partial charge is 0.277 e. The minimum atomic E-state index is -0.550. The number of H-pyrrole nitrogens is 1. The van der Waals surface area contributed by atoms with Gasteiger partial charge < -0.3 is 10.1 Å². The summed E-state index contributed by atoms with van der Waals surface area (Å²) in [6, 6.07) is 3.87. The lowest BCUT2D eigenvalue weighted by Gasteiger charge is -2.08. The lowest BCUT2D eigenvalue weighted by molar-refractivity contribution is -0.384. The summed E-state index contributed by atoms with van der Waals surface area (Å²) in [5.41, 5.74) is 0.276. The van der Waals surface area contributed by atoms with Gasteiger partial charge in [-0.25, -0.2) is 0 Å². The van der Waals surface area contributed by atoms with Gasteiger partial charge in [-0.1, -0.05) is 0 Å². The molecule has 0 atom stereocenters. The third kappa shape index (κ3) is 2.65. The zero-order valence-electron chi connectivity index (χ0n) is 9.78. The number of rotatable bonds is 4. The van der Waals surface area contributed by atoms with Crippen LogP contribution in [0, 0.1) is 10.1 Å². The van der Waals surface area contributed by atoms with Crippen molar-refractivity contribution < 1.29 is 14.5 Å². The van der Waals surface area contributed by atoms with E-state index in [1.165, 1.54) is 31.5 Å². The molecule has 1 heterocycles. The van der Waals surface area contributed by atoms with Crippen molar-refractivity contribution in [3.63, 3.8) is 0 Å². The van der Waals surface area contributed by atoms with Gasteiger partial charge in [0.1, 0.15) is 5.75 Å².